The largest absolute Gasteiger partial charge is 0.397 e. The fourth-order valence-electron chi connectivity index (χ4n) is 9.46. The van der Waals surface area contributed by atoms with Gasteiger partial charge in [-0.2, -0.15) is 8.42 Å². The molecule has 0 aliphatic heterocycles. The molecule has 10 heteroatoms. The van der Waals surface area contributed by atoms with Crippen molar-refractivity contribution < 1.29 is 42.7 Å². The molecule has 216 valence electrons. The third kappa shape index (κ3) is 5.51. The van der Waals surface area contributed by atoms with E-state index in [4.69, 9.17) is 4.55 Å². The molecule has 37 heavy (non-hydrogen) atoms. The van der Waals surface area contributed by atoms with E-state index in [2.05, 4.69) is 25.0 Å². The molecule has 0 saturated heterocycles. The van der Waals surface area contributed by atoms with Crippen LogP contribution >= 0.6 is 0 Å². The predicted molar refractivity (Wildman–Crippen MR) is 136 cm³/mol. The maximum absolute atomic E-state index is 11.7. The first-order valence-corrected chi connectivity index (χ1v) is 15.5. The minimum Gasteiger partial charge on any atom is -0.396 e. The van der Waals surface area contributed by atoms with Crippen molar-refractivity contribution in [3.8, 4) is 0 Å². The second-order valence-electron chi connectivity index (χ2n) is 13.3. The summed E-state index contributed by atoms with van der Waals surface area (Å²) < 4.78 is 34.9. The van der Waals surface area contributed by atoms with Gasteiger partial charge in [0.15, 0.2) is 0 Å². The van der Waals surface area contributed by atoms with Crippen molar-refractivity contribution in [2.75, 3.05) is 13.2 Å². The number of rotatable bonds is 9. The summed E-state index contributed by atoms with van der Waals surface area (Å²) in [6.45, 7) is 5.67. The summed E-state index contributed by atoms with van der Waals surface area (Å²) in [5.74, 6) is 0.439. The first-order chi connectivity index (χ1) is 17.2. The van der Waals surface area contributed by atoms with E-state index in [-0.39, 0.29) is 52.4 Å². The molecule has 0 heterocycles. The van der Waals surface area contributed by atoms with Crippen LogP contribution in [0, 0.1) is 52.3 Å². The number of fused-ring (bicyclic) bond motifs is 5. The Kier molecular flexibility index (Phi) is 8.75. The van der Waals surface area contributed by atoms with Crippen LogP contribution in [-0.2, 0) is 14.6 Å². The smallest absolute Gasteiger partial charge is 0.396 e. The third-order valence-corrected chi connectivity index (χ3v) is 12.1. The molecule has 0 aromatic carbocycles. The van der Waals surface area contributed by atoms with Crippen LogP contribution in [0.4, 0.5) is 0 Å². The summed E-state index contributed by atoms with van der Waals surface area (Å²) in [5, 5.41) is 53.5. The molecular formula is C27H48O9S. The Morgan fingerprint density at radius 1 is 1.00 bits per heavy atom. The summed E-state index contributed by atoms with van der Waals surface area (Å²) in [4.78, 5) is 0. The minimum absolute atomic E-state index is 0.0304. The maximum Gasteiger partial charge on any atom is 0.397 e. The van der Waals surface area contributed by atoms with Gasteiger partial charge in [-0.1, -0.05) is 20.8 Å². The molecule has 0 spiro atoms. The average Bonchev–Trinajstić information content (AvgIpc) is 3.17. The second-order valence-corrected chi connectivity index (χ2v) is 14.4. The zero-order chi connectivity index (χ0) is 27.3. The van der Waals surface area contributed by atoms with Crippen LogP contribution in [0.5, 0.6) is 0 Å². The van der Waals surface area contributed by atoms with Gasteiger partial charge in [0.2, 0.25) is 0 Å². The summed E-state index contributed by atoms with van der Waals surface area (Å²) >= 11 is 0. The monoisotopic (exact) mass is 548 g/mol. The van der Waals surface area contributed by atoms with Gasteiger partial charge in [0.05, 0.1) is 37.6 Å². The highest BCUT2D eigenvalue weighted by molar-refractivity contribution is 7.80. The van der Waals surface area contributed by atoms with E-state index in [9.17, 15) is 34.0 Å². The van der Waals surface area contributed by atoms with Crippen LogP contribution in [0.25, 0.3) is 0 Å². The molecule has 0 aromatic heterocycles. The van der Waals surface area contributed by atoms with Crippen molar-refractivity contribution in [3.05, 3.63) is 0 Å². The van der Waals surface area contributed by atoms with Crippen LogP contribution in [-0.4, -0.2) is 76.1 Å². The SMILES string of the molecule is C[C@H](CC[C@H](O)[C@@H](CO)COS(=O)(=O)O)[C@H]1CC[C@H]2[C@@H]3[C@H](O)C[C@@H]4C[C@H](O)CC[C@]4(C)[C@H]3C[C@H](O)[C@]12C. The molecule has 4 rings (SSSR count). The van der Waals surface area contributed by atoms with E-state index in [0.717, 1.165) is 38.5 Å². The van der Waals surface area contributed by atoms with E-state index < -0.39 is 47.8 Å². The Morgan fingerprint density at radius 2 is 1.70 bits per heavy atom. The van der Waals surface area contributed by atoms with Crippen LogP contribution in [0.1, 0.15) is 78.6 Å². The van der Waals surface area contributed by atoms with Gasteiger partial charge in [-0.25, -0.2) is 4.18 Å². The Morgan fingerprint density at radius 3 is 2.35 bits per heavy atom. The molecule has 4 aliphatic rings. The van der Waals surface area contributed by atoms with E-state index in [1.165, 1.54) is 0 Å². The van der Waals surface area contributed by atoms with Gasteiger partial charge >= 0.3 is 10.4 Å². The highest BCUT2D eigenvalue weighted by atomic mass is 32.3. The fraction of sp³-hybridized carbons (Fsp3) is 1.00. The third-order valence-electron chi connectivity index (χ3n) is 11.6. The minimum atomic E-state index is -4.65. The molecule has 0 aromatic rings. The molecule has 0 unspecified atom stereocenters. The van der Waals surface area contributed by atoms with Crippen LogP contribution in [0.2, 0.25) is 0 Å². The van der Waals surface area contributed by atoms with Gasteiger partial charge in [0.25, 0.3) is 0 Å². The first-order valence-electron chi connectivity index (χ1n) is 14.2. The van der Waals surface area contributed by atoms with Gasteiger partial charge in [-0.05, 0) is 104 Å². The highest BCUT2D eigenvalue weighted by Crippen LogP contribution is 2.68. The van der Waals surface area contributed by atoms with Crippen molar-refractivity contribution in [1.29, 1.82) is 0 Å². The van der Waals surface area contributed by atoms with Crippen molar-refractivity contribution in [1.82, 2.24) is 0 Å². The van der Waals surface area contributed by atoms with Gasteiger partial charge in [0, 0.05) is 5.92 Å². The normalized spacial score (nSPS) is 46.4. The molecule has 13 atom stereocenters. The van der Waals surface area contributed by atoms with E-state index >= 15 is 0 Å². The lowest BCUT2D eigenvalue weighted by Gasteiger charge is -2.63. The van der Waals surface area contributed by atoms with Gasteiger partial charge in [-0.3, -0.25) is 4.55 Å². The molecule has 4 aliphatic carbocycles. The summed E-state index contributed by atoms with van der Waals surface area (Å²) in [6, 6.07) is 0. The molecular weight excluding hydrogens is 500 g/mol. The van der Waals surface area contributed by atoms with E-state index in [1.54, 1.807) is 0 Å². The molecule has 0 radical (unpaired) electrons. The molecule has 9 nitrogen and oxygen atoms in total. The van der Waals surface area contributed by atoms with Crippen LogP contribution < -0.4 is 0 Å². The van der Waals surface area contributed by atoms with Crippen molar-refractivity contribution in [2.45, 2.75) is 103 Å². The van der Waals surface area contributed by atoms with Gasteiger partial charge in [0.1, 0.15) is 0 Å². The van der Waals surface area contributed by atoms with Gasteiger partial charge in [-0.15, -0.1) is 0 Å². The summed E-state index contributed by atoms with van der Waals surface area (Å²) in [7, 11) is -4.65. The molecule has 0 amide bonds. The topological polar surface area (TPSA) is 165 Å². The summed E-state index contributed by atoms with van der Waals surface area (Å²) in [6.07, 6.45) is 4.54. The Labute approximate surface area is 221 Å². The average molecular weight is 549 g/mol. The van der Waals surface area contributed by atoms with Crippen molar-refractivity contribution in [2.24, 2.45) is 52.3 Å². The Balaban J connectivity index is 1.45. The van der Waals surface area contributed by atoms with E-state index in [0.29, 0.717) is 19.3 Å². The maximum atomic E-state index is 11.7. The Bertz CT molecular complexity index is 898. The van der Waals surface area contributed by atoms with E-state index in [1.807, 2.05) is 0 Å². The molecule has 4 fully saturated rings. The highest BCUT2D eigenvalue weighted by Gasteiger charge is 2.65. The fourth-order valence-corrected chi connectivity index (χ4v) is 9.81. The lowest BCUT2D eigenvalue weighted by atomic mass is 9.43. The molecule has 0 bridgehead atoms. The zero-order valence-electron chi connectivity index (χ0n) is 22.4. The van der Waals surface area contributed by atoms with Crippen LogP contribution in [0.15, 0.2) is 0 Å². The predicted octanol–water partition coefficient (Wildman–Crippen LogP) is 2.15. The zero-order valence-corrected chi connectivity index (χ0v) is 23.3. The van der Waals surface area contributed by atoms with Gasteiger partial charge < -0.3 is 25.5 Å². The standard InChI is InChI=1S/C27H48O9S/c1-15(4-7-22(30)16(13-28)14-36-37(33,34)35)19-5-6-20-25-21(12-24(32)27(19,20)3)26(2)9-8-18(29)10-17(26)11-23(25)31/h15-25,28-32H,4-14H2,1-3H3,(H,33,34,35)/t15-,16+,17+,18-,19-,20+,21+,22+,23-,24+,25+,26+,27-/m1/s1. The molecule has 6 N–H and O–H groups in total. The quantitative estimate of drug-likeness (QED) is 0.237. The lowest BCUT2D eigenvalue weighted by molar-refractivity contribution is -0.207. The Hall–Kier alpha value is -0.330. The second kappa shape index (κ2) is 10.9. The summed E-state index contributed by atoms with van der Waals surface area (Å²) in [5.41, 5.74) is -0.309. The lowest BCUT2D eigenvalue weighted by Crippen LogP contribution is -2.62. The van der Waals surface area contributed by atoms with Crippen molar-refractivity contribution in [3.63, 3.8) is 0 Å². The number of aliphatic hydroxyl groups is 5. The first kappa shape index (κ1) is 29.6. The number of aliphatic hydroxyl groups excluding tert-OH is 5. The number of hydrogen-bond acceptors (Lipinski definition) is 8. The number of hydrogen-bond donors (Lipinski definition) is 6. The van der Waals surface area contributed by atoms with Crippen LogP contribution in [0.3, 0.4) is 0 Å². The van der Waals surface area contributed by atoms with Crippen molar-refractivity contribution >= 4 is 10.4 Å². The molecule has 4 saturated carbocycles.